The van der Waals surface area contributed by atoms with E-state index in [-0.39, 0.29) is 17.1 Å². The van der Waals surface area contributed by atoms with Gasteiger partial charge >= 0.3 is 6.61 Å². The average molecular weight is 495 g/mol. The topological polar surface area (TPSA) is 70.7 Å². The first-order valence-electron chi connectivity index (χ1n) is 10.7. The van der Waals surface area contributed by atoms with Gasteiger partial charge in [-0.05, 0) is 48.4 Å². The molecule has 5 rings (SSSR count). The van der Waals surface area contributed by atoms with Crippen LogP contribution in [-0.2, 0) is 5.75 Å². The fraction of sp³-hybridized carbons (Fsp3) is 0.160. The molecule has 0 radical (unpaired) electrons. The van der Waals surface area contributed by atoms with Gasteiger partial charge in [-0.1, -0.05) is 48.2 Å². The number of aryl methyl sites for hydroxylation is 1. The lowest BCUT2D eigenvalue weighted by atomic mass is 10.2. The molecule has 178 valence electrons. The zero-order valence-electron chi connectivity index (χ0n) is 18.8. The first-order valence-corrected chi connectivity index (χ1v) is 11.7. The summed E-state index contributed by atoms with van der Waals surface area (Å²) >= 11 is 1.41. The molecule has 0 bridgehead atoms. The van der Waals surface area contributed by atoms with E-state index in [0.29, 0.717) is 27.6 Å². The first-order chi connectivity index (χ1) is 17.0. The molecule has 0 saturated heterocycles. The molecule has 0 spiro atoms. The number of fused-ring (bicyclic) bond motifs is 3. The zero-order valence-corrected chi connectivity index (χ0v) is 19.6. The normalized spacial score (nSPS) is 11.5. The molecule has 0 atom stereocenters. The fourth-order valence-corrected chi connectivity index (χ4v) is 4.83. The number of methoxy groups -OCH3 is 1. The van der Waals surface area contributed by atoms with Gasteiger partial charge in [0.1, 0.15) is 0 Å². The second-order valence-corrected chi connectivity index (χ2v) is 8.66. The summed E-state index contributed by atoms with van der Waals surface area (Å²) < 4.78 is 38.4. The highest BCUT2D eigenvalue weighted by Gasteiger charge is 2.19. The first kappa shape index (κ1) is 22.9. The number of para-hydroxylation sites is 2. The lowest BCUT2D eigenvalue weighted by Crippen LogP contribution is -2.22. The molecule has 0 amide bonds. The van der Waals surface area contributed by atoms with Crippen molar-refractivity contribution in [3.63, 3.8) is 0 Å². The van der Waals surface area contributed by atoms with Crippen LogP contribution in [0.4, 0.5) is 8.78 Å². The summed E-state index contributed by atoms with van der Waals surface area (Å²) in [4.78, 5) is 13.5. The monoisotopic (exact) mass is 494 g/mol. The van der Waals surface area contributed by atoms with Gasteiger partial charge in [0.2, 0.25) is 5.78 Å². The van der Waals surface area contributed by atoms with Crippen molar-refractivity contribution in [3.8, 4) is 17.2 Å². The summed E-state index contributed by atoms with van der Waals surface area (Å²) in [5.74, 6) is 1.05. The number of nitrogens with zero attached hydrogens (tertiary/aromatic N) is 4. The molecule has 0 aliphatic heterocycles. The smallest absolute Gasteiger partial charge is 0.387 e. The lowest BCUT2D eigenvalue weighted by molar-refractivity contribution is -0.0512. The largest absolute Gasteiger partial charge is 0.493 e. The Morgan fingerprint density at radius 2 is 1.77 bits per heavy atom. The highest BCUT2D eigenvalue weighted by Crippen LogP contribution is 2.32. The van der Waals surface area contributed by atoms with E-state index in [1.54, 1.807) is 22.8 Å². The van der Waals surface area contributed by atoms with Crippen molar-refractivity contribution in [1.82, 2.24) is 19.2 Å². The summed E-state index contributed by atoms with van der Waals surface area (Å²) in [6.45, 7) is -1.00. The number of hydrogen-bond donors (Lipinski definition) is 0. The Hall–Kier alpha value is -3.92. The molecule has 0 fully saturated rings. The van der Waals surface area contributed by atoms with Crippen LogP contribution in [0.2, 0.25) is 0 Å². The van der Waals surface area contributed by atoms with Crippen LogP contribution in [0.5, 0.6) is 11.5 Å². The SMILES string of the molecule is COc1cc(CSc2nnc3n(-c4ccccc4C)c(=O)c4ccccc4n23)ccc1OC(F)F. The molecule has 0 saturated carbocycles. The van der Waals surface area contributed by atoms with Gasteiger partial charge in [0.05, 0.1) is 23.7 Å². The third-order valence-electron chi connectivity index (χ3n) is 5.56. The Labute approximate surface area is 202 Å². The van der Waals surface area contributed by atoms with Crippen LogP contribution in [0.15, 0.2) is 76.7 Å². The predicted octanol–water partition coefficient (Wildman–Crippen LogP) is 5.24. The molecule has 0 aliphatic rings. The van der Waals surface area contributed by atoms with Gasteiger partial charge in [-0.25, -0.2) is 4.57 Å². The van der Waals surface area contributed by atoms with Crippen molar-refractivity contribution in [2.75, 3.05) is 7.11 Å². The van der Waals surface area contributed by atoms with E-state index in [9.17, 15) is 13.6 Å². The summed E-state index contributed by atoms with van der Waals surface area (Å²) in [5, 5.41) is 9.88. The van der Waals surface area contributed by atoms with Gasteiger partial charge in [0, 0.05) is 5.75 Å². The second-order valence-electron chi connectivity index (χ2n) is 7.71. The third-order valence-corrected chi connectivity index (χ3v) is 6.56. The van der Waals surface area contributed by atoms with Crippen LogP contribution >= 0.6 is 11.8 Å². The maximum Gasteiger partial charge on any atom is 0.387 e. The Kier molecular flexibility index (Phi) is 6.12. The number of alkyl halides is 2. The molecule has 7 nitrogen and oxygen atoms in total. The molecular weight excluding hydrogens is 474 g/mol. The second kappa shape index (κ2) is 9.38. The molecule has 0 unspecified atom stereocenters. The number of thioether (sulfide) groups is 1. The minimum absolute atomic E-state index is 0.0302. The number of aromatic nitrogens is 4. The van der Waals surface area contributed by atoms with Crippen LogP contribution in [0.25, 0.3) is 22.4 Å². The third kappa shape index (κ3) is 4.21. The van der Waals surface area contributed by atoms with Crippen molar-refractivity contribution in [1.29, 1.82) is 0 Å². The van der Waals surface area contributed by atoms with Gasteiger partial charge in [-0.2, -0.15) is 8.78 Å². The van der Waals surface area contributed by atoms with E-state index in [2.05, 4.69) is 14.9 Å². The molecule has 0 N–H and O–H groups in total. The van der Waals surface area contributed by atoms with E-state index in [1.807, 2.05) is 53.8 Å². The van der Waals surface area contributed by atoms with Crippen molar-refractivity contribution >= 4 is 28.4 Å². The summed E-state index contributed by atoms with van der Waals surface area (Å²) in [6.07, 6.45) is 0. The number of halogens is 2. The van der Waals surface area contributed by atoms with Crippen LogP contribution in [0, 0.1) is 6.92 Å². The Balaban J connectivity index is 1.59. The van der Waals surface area contributed by atoms with E-state index in [0.717, 1.165) is 16.8 Å². The van der Waals surface area contributed by atoms with Crippen molar-refractivity contribution in [3.05, 3.63) is 88.2 Å². The van der Waals surface area contributed by atoms with E-state index in [1.165, 1.54) is 24.9 Å². The number of ether oxygens (including phenoxy) is 2. The predicted molar refractivity (Wildman–Crippen MR) is 130 cm³/mol. The quantitative estimate of drug-likeness (QED) is 0.288. The van der Waals surface area contributed by atoms with Crippen molar-refractivity contribution in [2.45, 2.75) is 24.4 Å². The molecule has 3 aromatic carbocycles. The highest BCUT2D eigenvalue weighted by atomic mass is 32.2. The maximum atomic E-state index is 13.5. The molecule has 35 heavy (non-hydrogen) atoms. The van der Waals surface area contributed by atoms with Crippen molar-refractivity contribution < 1.29 is 18.3 Å². The van der Waals surface area contributed by atoms with Gasteiger partial charge in [-0.15, -0.1) is 10.2 Å². The summed E-state index contributed by atoms with van der Waals surface area (Å²) in [5.41, 5.74) is 3.01. The summed E-state index contributed by atoms with van der Waals surface area (Å²) in [6, 6.07) is 19.7. The summed E-state index contributed by atoms with van der Waals surface area (Å²) in [7, 11) is 1.40. The van der Waals surface area contributed by atoms with Crippen LogP contribution in [-0.4, -0.2) is 32.9 Å². The highest BCUT2D eigenvalue weighted by molar-refractivity contribution is 7.98. The molecule has 2 aromatic heterocycles. The van der Waals surface area contributed by atoms with E-state index in [4.69, 9.17) is 4.74 Å². The number of rotatable bonds is 7. The number of hydrogen-bond acceptors (Lipinski definition) is 6. The number of benzene rings is 3. The molecular formula is C25H20F2N4O3S. The van der Waals surface area contributed by atoms with Gasteiger partial charge < -0.3 is 9.47 Å². The minimum Gasteiger partial charge on any atom is -0.493 e. The molecule has 5 aromatic rings. The Morgan fingerprint density at radius 1 is 1.00 bits per heavy atom. The molecule has 2 heterocycles. The lowest BCUT2D eigenvalue weighted by Gasteiger charge is -2.13. The minimum atomic E-state index is -2.94. The fourth-order valence-electron chi connectivity index (χ4n) is 3.95. The maximum absolute atomic E-state index is 13.5. The van der Waals surface area contributed by atoms with Crippen molar-refractivity contribution in [2.24, 2.45) is 0 Å². The molecule has 0 aliphatic carbocycles. The van der Waals surface area contributed by atoms with Crippen LogP contribution < -0.4 is 15.0 Å². The van der Waals surface area contributed by atoms with E-state index < -0.39 is 6.61 Å². The Bertz CT molecular complexity index is 1600. The zero-order chi connectivity index (χ0) is 24.5. The van der Waals surface area contributed by atoms with Gasteiger partial charge in [-0.3, -0.25) is 9.20 Å². The van der Waals surface area contributed by atoms with Crippen LogP contribution in [0.1, 0.15) is 11.1 Å². The van der Waals surface area contributed by atoms with Gasteiger partial charge in [0.15, 0.2) is 16.7 Å². The van der Waals surface area contributed by atoms with Crippen LogP contribution in [0.3, 0.4) is 0 Å². The average Bonchev–Trinajstić information content (AvgIpc) is 3.28. The Morgan fingerprint density at radius 3 is 2.54 bits per heavy atom. The van der Waals surface area contributed by atoms with E-state index >= 15 is 0 Å². The molecule has 10 heteroatoms. The standard InChI is InChI=1S/C25H20F2N4O3S/c1-15-7-3-5-9-18(15)30-22(32)17-8-4-6-10-19(17)31-24(30)28-29-25(31)35-14-16-11-12-20(34-23(26)27)21(13-16)33-2/h3-13,23H,14H2,1-2H3. The van der Waals surface area contributed by atoms with Gasteiger partial charge in [0.25, 0.3) is 5.56 Å².